The zero-order valence-corrected chi connectivity index (χ0v) is 18.4. The predicted octanol–water partition coefficient (Wildman–Crippen LogP) is 6.57. The molecule has 3 rings (SSSR count). The first-order valence-electron chi connectivity index (χ1n) is 10.3. The van der Waals surface area contributed by atoms with E-state index in [1.165, 1.54) is 62.0 Å². The van der Waals surface area contributed by atoms with E-state index >= 15 is 0 Å². The molecule has 10 heteroatoms. The summed E-state index contributed by atoms with van der Waals surface area (Å²) >= 11 is 0. The van der Waals surface area contributed by atoms with Gasteiger partial charge in [-0.2, -0.15) is 30.9 Å². The Morgan fingerprint density at radius 2 is 1.62 bits per heavy atom. The number of benzene rings is 1. The summed E-state index contributed by atoms with van der Waals surface area (Å²) in [5.74, 6) is -1.55. The maximum atomic E-state index is 13.8. The van der Waals surface area contributed by atoms with Crippen LogP contribution in [0.15, 0.2) is 60.9 Å². The summed E-state index contributed by atoms with van der Waals surface area (Å²) in [6.07, 6.45) is -8.26. The van der Waals surface area contributed by atoms with Gasteiger partial charge >= 0.3 is 24.5 Å². The SMILES string of the molecule is CC(C)c1c(-c2cccc[n+]2[C@H](C)OC(=O)c2ccccn2)cc(C(F)(F)F)cc1C(F)(F)F. The highest BCUT2D eigenvalue weighted by atomic mass is 19.4. The van der Waals surface area contributed by atoms with Crippen LogP contribution in [-0.4, -0.2) is 11.0 Å². The molecule has 0 aliphatic carbocycles. The number of pyridine rings is 2. The first-order valence-corrected chi connectivity index (χ1v) is 10.3. The van der Waals surface area contributed by atoms with Crippen LogP contribution >= 0.6 is 0 Å². The van der Waals surface area contributed by atoms with Gasteiger partial charge in [0.1, 0.15) is 5.69 Å². The summed E-state index contributed by atoms with van der Waals surface area (Å²) in [5.41, 5.74) is -3.28. The maximum Gasteiger partial charge on any atom is 0.416 e. The van der Waals surface area contributed by atoms with E-state index in [0.29, 0.717) is 6.07 Å². The molecule has 1 aromatic carbocycles. The van der Waals surface area contributed by atoms with Gasteiger partial charge in [-0.3, -0.25) is 0 Å². The van der Waals surface area contributed by atoms with Crippen LogP contribution in [0.4, 0.5) is 26.3 Å². The largest absolute Gasteiger partial charge is 0.416 e. The lowest BCUT2D eigenvalue weighted by molar-refractivity contribution is -0.743. The van der Waals surface area contributed by atoms with Crippen molar-refractivity contribution in [3.05, 3.63) is 83.3 Å². The highest BCUT2D eigenvalue weighted by Gasteiger charge is 2.41. The quantitative estimate of drug-likeness (QED) is 0.234. The summed E-state index contributed by atoms with van der Waals surface area (Å²) in [5, 5.41) is 0. The Morgan fingerprint density at radius 1 is 0.941 bits per heavy atom. The van der Waals surface area contributed by atoms with Crippen LogP contribution in [0.2, 0.25) is 0 Å². The number of hydrogen-bond donors (Lipinski definition) is 0. The van der Waals surface area contributed by atoms with E-state index in [0.717, 1.165) is 0 Å². The minimum absolute atomic E-state index is 0.00808. The van der Waals surface area contributed by atoms with Gasteiger partial charge in [0.2, 0.25) is 5.69 Å². The van der Waals surface area contributed by atoms with Crippen molar-refractivity contribution < 1.29 is 40.4 Å². The molecule has 0 radical (unpaired) electrons. The molecule has 4 nitrogen and oxygen atoms in total. The van der Waals surface area contributed by atoms with Gasteiger partial charge in [0, 0.05) is 25.3 Å². The van der Waals surface area contributed by atoms with Crippen LogP contribution in [0.5, 0.6) is 0 Å². The molecule has 2 heterocycles. The Balaban J connectivity index is 2.19. The van der Waals surface area contributed by atoms with E-state index in [1.807, 2.05) is 0 Å². The van der Waals surface area contributed by atoms with Crippen molar-refractivity contribution in [3.8, 4) is 11.3 Å². The normalized spacial score (nSPS) is 13.1. The number of rotatable bonds is 5. The van der Waals surface area contributed by atoms with Crippen molar-refractivity contribution in [2.75, 3.05) is 0 Å². The number of aromatic nitrogens is 2. The number of carbonyl (C=O) groups excluding carboxylic acids is 1. The summed E-state index contributed by atoms with van der Waals surface area (Å²) in [7, 11) is 0. The van der Waals surface area contributed by atoms with Crippen molar-refractivity contribution >= 4 is 5.97 Å². The van der Waals surface area contributed by atoms with Crippen LogP contribution in [0.1, 0.15) is 60.1 Å². The first-order chi connectivity index (χ1) is 15.8. The monoisotopic (exact) mass is 483 g/mol. The molecule has 0 saturated carbocycles. The molecule has 1 atom stereocenters. The van der Waals surface area contributed by atoms with Crippen LogP contribution in [0, 0.1) is 0 Å². The lowest BCUT2D eigenvalue weighted by Gasteiger charge is -2.22. The zero-order valence-electron chi connectivity index (χ0n) is 18.4. The predicted molar refractivity (Wildman–Crippen MR) is 111 cm³/mol. The molecule has 0 aliphatic rings. The molecule has 0 fully saturated rings. The van der Waals surface area contributed by atoms with Crippen molar-refractivity contribution in [2.24, 2.45) is 0 Å². The average Bonchev–Trinajstić information content (AvgIpc) is 2.77. The summed E-state index contributed by atoms with van der Waals surface area (Å²) in [4.78, 5) is 16.3. The topological polar surface area (TPSA) is 43.1 Å². The number of hydrogen-bond acceptors (Lipinski definition) is 3. The van der Waals surface area contributed by atoms with Crippen molar-refractivity contribution in [3.63, 3.8) is 0 Å². The number of esters is 1. The number of halogens is 6. The smallest absolute Gasteiger partial charge is 0.398 e. The molecule has 0 aliphatic heterocycles. The Labute approximate surface area is 191 Å². The van der Waals surface area contributed by atoms with Gasteiger partial charge < -0.3 is 4.74 Å². The minimum atomic E-state index is -5.01. The summed E-state index contributed by atoms with van der Waals surface area (Å²) in [6, 6.07) is 9.83. The second kappa shape index (κ2) is 9.44. The third-order valence-electron chi connectivity index (χ3n) is 5.10. The molecule has 0 spiro atoms. The fourth-order valence-electron chi connectivity index (χ4n) is 3.64. The average molecular weight is 483 g/mol. The van der Waals surface area contributed by atoms with E-state index in [9.17, 15) is 31.1 Å². The van der Waals surface area contributed by atoms with Crippen molar-refractivity contribution in [2.45, 2.75) is 45.3 Å². The zero-order chi connectivity index (χ0) is 25.3. The van der Waals surface area contributed by atoms with Crippen molar-refractivity contribution in [1.82, 2.24) is 4.98 Å². The number of ether oxygens (including phenoxy) is 1. The van der Waals surface area contributed by atoms with Gasteiger partial charge in [-0.15, -0.1) is 0 Å². The molecule has 0 saturated heterocycles. The second-order valence-corrected chi connectivity index (χ2v) is 7.85. The standard InChI is InChI=1S/C24H21F6N2O2/c1-14(2)21-17(12-16(23(25,26)27)13-18(21)24(28,29)30)20-9-5-7-11-32(20)15(3)34-22(33)19-8-4-6-10-31-19/h4-15H,1-3H3/q+1/t15-/m0/s1. The Kier molecular flexibility index (Phi) is 6.99. The molecule has 34 heavy (non-hydrogen) atoms. The van der Waals surface area contributed by atoms with Crippen LogP contribution in [0.3, 0.4) is 0 Å². The Bertz CT molecular complexity index is 1170. The Morgan fingerprint density at radius 3 is 2.18 bits per heavy atom. The number of alkyl halides is 6. The molecular formula is C24H21F6N2O2+. The molecule has 0 N–H and O–H groups in total. The molecular weight excluding hydrogens is 462 g/mol. The van der Waals surface area contributed by atoms with Gasteiger partial charge in [-0.25, -0.2) is 9.78 Å². The summed E-state index contributed by atoms with van der Waals surface area (Å²) in [6.45, 7) is 4.40. The number of carbonyl (C=O) groups is 1. The fraction of sp³-hybridized carbons (Fsp3) is 0.292. The first kappa shape index (κ1) is 25.2. The van der Waals surface area contributed by atoms with E-state index in [4.69, 9.17) is 4.74 Å². The molecule has 0 unspecified atom stereocenters. The molecule has 2 aromatic heterocycles. The minimum Gasteiger partial charge on any atom is -0.398 e. The Hall–Kier alpha value is -3.43. The second-order valence-electron chi connectivity index (χ2n) is 7.85. The lowest BCUT2D eigenvalue weighted by atomic mass is 9.87. The highest BCUT2D eigenvalue weighted by Crippen LogP contribution is 2.44. The van der Waals surface area contributed by atoms with Gasteiger partial charge in [0.15, 0.2) is 6.20 Å². The van der Waals surface area contributed by atoms with Gasteiger partial charge in [-0.05, 0) is 41.8 Å². The third-order valence-corrected chi connectivity index (χ3v) is 5.10. The van der Waals surface area contributed by atoms with Crippen molar-refractivity contribution in [1.29, 1.82) is 0 Å². The summed E-state index contributed by atoms with van der Waals surface area (Å²) < 4.78 is 88.9. The fourth-order valence-corrected chi connectivity index (χ4v) is 3.64. The molecule has 0 bridgehead atoms. The van der Waals surface area contributed by atoms with Gasteiger partial charge in [0.05, 0.1) is 16.7 Å². The molecule has 0 amide bonds. The highest BCUT2D eigenvalue weighted by molar-refractivity contribution is 5.87. The maximum absolute atomic E-state index is 13.8. The number of nitrogens with zero attached hydrogens (tertiary/aromatic N) is 2. The van der Waals surface area contributed by atoms with Crippen LogP contribution < -0.4 is 4.57 Å². The van der Waals surface area contributed by atoms with E-state index in [1.54, 1.807) is 12.1 Å². The van der Waals surface area contributed by atoms with Crippen LogP contribution in [-0.2, 0) is 17.1 Å². The lowest BCUT2D eigenvalue weighted by Crippen LogP contribution is -2.42. The van der Waals surface area contributed by atoms with Gasteiger partial charge in [0.25, 0.3) is 0 Å². The van der Waals surface area contributed by atoms with E-state index in [-0.39, 0.29) is 28.6 Å². The van der Waals surface area contributed by atoms with Gasteiger partial charge in [-0.1, -0.05) is 19.9 Å². The molecule has 3 aromatic rings. The molecule has 180 valence electrons. The van der Waals surface area contributed by atoms with E-state index < -0.39 is 41.6 Å². The third kappa shape index (κ3) is 5.37. The van der Waals surface area contributed by atoms with Crippen LogP contribution in [0.25, 0.3) is 11.3 Å². The van der Waals surface area contributed by atoms with E-state index in [2.05, 4.69) is 4.98 Å².